The van der Waals surface area contributed by atoms with Gasteiger partial charge in [0.05, 0.1) is 5.69 Å². The van der Waals surface area contributed by atoms with E-state index in [4.69, 9.17) is 11.6 Å². The number of nitrogens with one attached hydrogen (secondary N) is 1. The first-order valence-corrected chi connectivity index (χ1v) is 8.66. The summed E-state index contributed by atoms with van der Waals surface area (Å²) in [6.45, 7) is 1.81. The Labute approximate surface area is 152 Å². The maximum absolute atomic E-state index is 12.6. The number of pyridine rings is 1. The molecule has 1 N–H and O–H groups in total. The lowest BCUT2D eigenvalue weighted by molar-refractivity contribution is 0.102. The third-order valence-electron chi connectivity index (χ3n) is 3.63. The van der Waals surface area contributed by atoms with Gasteiger partial charge in [0, 0.05) is 16.8 Å². The first-order chi connectivity index (χ1) is 12.1. The molecular formula is C17H12ClN5OS. The fourth-order valence-electron chi connectivity index (χ4n) is 2.41. The van der Waals surface area contributed by atoms with Gasteiger partial charge in [0.25, 0.3) is 5.91 Å². The number of thiazole rings is 1. The summed E-state index contributed by atoms with van der Waals surface area (Å²) in [5.74, 6) is 0.120. The van der Waals surface area contributed by atoms with Crippen LogP contribution in [0.2, 0.25) is 5.02 Å². The van der Waals surface area contributed by atoms with Gasteiger partial charge in [0.2, 0.25) is 5.95 Å². The van der Waals surface area contributed by atoms with Crippen LogP contribution in [-0.4, -0.2) is 25.5 Å². The van der Waals surface area contributed by atoms with Gasteiger partial charge in [-0.2, -0.15) is 0 Å². The molecule has 0 radical (unpaired) electrons. The molecule has 0 unspecified atom stereocenters. The van der Waals surface area contributed by atoms with Gasteiger partial charge >= 0.3 is 0 Å². The van der Waals surface area contributed by atoms with Crippen molar-refractivity contribution < 1.29 is 4.79 Å². The molecule has 6 nitrogen and oxygen atoms in total. The van der Waals surface area contributed by atoms with Crippen molar-refractivity contribution in [2.24, 2.45) is 0 Å². The number of halogens is 1. The molecule has 0 aliphatic rings. The quantitative estimate of drug-likeness (QED) is 0.591. The molecule has 4 rings (SSSR count). The predicted octanol–water partition coefficient (Wildman–Crippen LogP) is 4.07. The van der Waals surface area contributed by atoms with E-state index in [1.54, 1.807) is 22.7 Å². The molecule has 0 atom stereocenters. The zero-order valence-electron chi connectivity index (χ0n) is 13.1. The molecule has 0 aliphatic carbocycles. The van der Waals surface area contributed by atoms with E-state index in [-0.39, 0.29) is 5.91 Å². The predicted molar refractivity (Wildman–Crippen MR) is 98.2 cm³/mol. The number of carbonyl (C=O) groups is 1. The normalized spacial score (nSPS) is 11.0. The number of rotatable bonds is 3. The van der Waals surface area contributed by atoms with Crippen LogP contribution in [0, 0.1) is 6.92 Å². The maximum Gasteiger partial charge on any atom is 0.270 e. The first-order valence-electron chi connectivity index (χ1n) is 7.46. The van der Waals surface area contributed by atoms with E-state index in [1.807, 2.05) is 37.3 Å². The van der Waals surface area contributed by atoms with Crippen molar-refractivity contribution in [3.05, 3.63) is 64.3 Å². The van der Waals surface area contributed by atoms with Crippen LogP contribution in [0.25, 0.3) is 16.2 Å². The van der Waals surface area contributed by atoms with Crippen molar-refractivity contribution in [3.63, 3.8) is 0 Å². The van der Waals surface area contributed by atoms with E-state index < -0.39 is 0 Å². The first kappa shape index (κ1) is 15.7. The molecule has 1 amide bonds. The SMILES string of the molecule is Cc1nc(-c2ccc(Cl)cc2)sc1C(=O)Nc1nnc2ccccn12. The largest absolute Gasteiger partial charge is 0.289 e. The number of aryl methyl sites for hydroxylation is 1. The van der Waals surface area contributed by atoms with E-state index >= 15 is 0 Å². The highest BCUT2D eigenvalue weighted by Gasteiger charge is 2.18. The van der Waals surface area contributed by atoms with Crippen LogP contribution in [0.3, 0.4) is 0 Å². The van der Waals surface area contributed by atoms with Crippen LogP contribution >= 0.6 is 22.9 Å². The van der Waals surface area contributed by atoms with E-state index in [2.05, 4.69) is 20.5 Å². The summed E-state index contributed by atoms with van der Waals surface area (Å²) in [7, 11) is 0. The lowest BCUT2D eigenvalue weighted by Crippen LogP contribution is -2.13. The minimum atomic E-state index is -0.256. The summed E-state index contributed by atoms with van der Waals surface area (Å²) in [4.78, 5) is 17.7. The summed E-state index contributed by atoms with van der Waals surface area (Å²) >= 11 is 7.25. The number of hydrogen-bond donors (Lipinski definition) is 1. The Bertz CT molecular complexity index is 1070. The number of benzene rings is 1. The number of fused-ring (bicyclic) bond motifs is 1. The molecule has 0 fully saturated rings. The van der Waals surface area contributed by atoms with Crippen molar-refractivity contribution in [2.45, 2.75) is 6.92 Å². The molecule has 4 aromatic rings. The second-order valence-electron chi connectivity index (χ2n) is 5.35. The molecule has 3 heterocycles. The fourth-order valence-corrected chi connectivity index (χ4v) is 3.50. The smallest absolute Gasteiger partial charge is 0.270 e. The second kappa shape index (κ2) is 6.27. The Morgan fingerprint density at radius 2 is 1.96 bits per heavy atom. The van der Waals surface area contributed by atoms with Crippen molar-refractivity contribution in [2.75, 3.05) is 5.32 Å². The molecule has 0 saturated heterocycles. The summed E-state index contributed by atoms with van der Waals surface area (Å²) in [6, 6.07) is 12.9. The highest BCUT2D eigenvalue weighted by Crippen LogP contribution is 2.29. The molecule has 0 bridgehead atoms. The number of aromatic nitrogens is 4. The number of carbonyl (C=O) groups excluding carboxylic acids is 1. The van der Waals surface area contributed by atoms with Gasteiger partial charge in [-0.05, 0) is 31.2 Å². The van der Waals surface area contributed by atoms with Crippen LogP contribution < -0.4 is 5.32 Å². The maximum atomic E-state index is 12.6. The molecule has 0 aliphatic heterocycles. The van der Waals surface area contributed by atoms with Gasteiger partial charge < -0.3 is 0 Å². The van der Waals surface area contributed by atoms with Gasteiger partial charge in [0.15, 0.2) is 5.65 Å². The third kappa shape index (κ3) is 2.99. The van der Waals surface area contributed by atoms with Gasteiger partial charge in [-0.3, -0.25) is 14.5 Å². The molecule has 124 valence electrons. The minimum Gasteiger partial charge on any atom is -0.289 e. The lowest BCUT2D eigenvalue weighted by atomic mass is 10.2. The highest BCUT2D eigenvalue weighted by atomic mass is 35.5. The number of anilines is 1. The van der Waals surface area contributed by atoms with Gasteiger partial charge in [-0.15, -0.1) is 21.5 Å². The number of hydrogen-bond acceptors (Lipinski definition) is 5. The zero-order chi connectivity index (χ0) is 17.4. The summed E-state index contributed by atoms with van der Waals surface area (Å²) in [6.07, 6.45) is 1.80. The number of nitrogens with zero attached hydrogens (tertiary/aromatic N) is 4. The van der Waals surface area contributed by atoms with Crippen LogP contribution in [0.15, 0.2) is 48.7 Å². The standard InChI is InChI=1S/C17H12ClN5OS/c1-10-14(25-16(19-10)11-5-7-12(18)8-6-11)15(24)20-17-22-21-13-4-2-3-9-23(13)17/h2-9H,1H3,(H,20,22,24). The average Bonchev–Trinajstić information content (AvgIpc) is 3.20. The van der Waals surface area contributed by atoms with Crippen molar-refractivity contribution in [1.82, 2.24) is 19.6 Å². The van der Waals surface area contributed by atoms with Crippen molar-refractivity contribution in [1.29, 1.82) is 0 Å². The topological polar surface area (TPSA) is 72.2 Å². The van der Waals surface area contributed by atoms with E-state index in [1.165, 1.54) is 11.3 Å². The highest BCUT2D eigenvalue weighted by molar-refractivity contribution is 7.17. The zero-order valence-corrected chi connectivity index (χ0v) is 14.7. The summed E-state index contributed by atoms with van der Waals surface area (Å²) < 4.78 is 1.72. The molecule has 3 aromatic heterocycles. The van der Waals surface area contributed by atoms with Crippen LogP contribution in [0.4, 0.5) is 5.95 Å². The third-order valence-corrected chi connectivity index (χ3v) is 5.09. The average molecular weight is 370 g/mol. The van der Waals surface area contributed by atoms with Gasteiger partial charge in [-0.1, -0.05) is 29.8 Å². The Morgan fingerprint density at radius 1 is 1.16 bits per heavy atom. The van der Waals surface area contributed by atoms with E-state index in [0.717, 1.165) is 10.6 Å². The Morgan fingerprint density at radius 3 is 2.76 bits per heavy atom. The lowest BCUT2D eigenvalue weighted by Gasteiger charge is -2.01. The molecule has 25 heavy (non-hydrogen) atoms. The van der Waals surface area contributed by atoms with Crippen LogP contribution in [0.1, 0.15) is 15.4 Å². The molecular weight excluding hydrogens is 358 g/mol. The minimum absolute atomic E-state index is 0.256. The Hall–Kier alpha value is -2.77. The summed E-state index contributed by atoms with van der Waals surface area (Å²) in [5, 5.41) is 12.3. The summed E-state index contributed by atoms with van der Waals surface area (Å²) in [5.41, 5.74) is 2.26. The molecule has 0 saturated carbocycles. The van der Waals surface area contributed by atoms with Crippen molar-refractivity contribution in [3.8, 4) is 10.6 Å². The van der Waals surface area contributed by atoms with Crippen molar-refractivity contribution >= 4 is 40.4 Å². The van der Waals surface area contributed by atoms with Gasteiger partial charge in [-0.25, -0.2) is 4.98 Å². The molecule has 1 aromatic carbocycles. The molecule has 8 heteroatoms. The Balaban J connectivity index is 1.63. The molecule has 0 spiro atoms. The van der Waals surface area contributed by atoms with E-state index in [9.17, 15) is 4.79 Å². The van der Waals surface area contributed by atoms with Gasteiger partial charge in [0.1, 0.15) is 9.88 Å². The van der Waals surface area contributed by atoms with E-state index in [0.29, 0.717) is 27.2 Å². The Kier molecular flexibility index (Phi) is 3.95. The second-order valence-corrected chi connectivity index (χ2v) is 6.78. The monoisotopic (exact) mass is 369 g/mol. The fraction of sp³-hybridized carbons (Fsp3) is 0.0588. The van der Waals surface area contributed by atoms with Crippen LogP contribution in [0.5, 0.6) is 0 Å². The number of amides is 1. The van der Waals surface area contributed by atoms with Crippen LogP contribution in [-0.2, 0) is 0 Å².